The molecule has 0 radical (unpaired) electrons. The first kappa shape index (κ1) is 19.7. The summed E-state index contributed by atoms with van der Waals surface area (Å²) >= 11 is 5.18. The highest BCUT2D eigenvalue weighted by molar-refractivity contribution is 9.10. The first-order valence-corrected chi connectivity index (χ1v) is 10.4. The molecule has 6 heteroatoms. The summed E-state index contributed by atoms with van der Waals surface area (Å²) in [4.78, 5) is 15.7. The number of halogens is 1. The molecule has 0 fully saturated rings. The number of thioether (sulfide) groups is 1. The quantitative estimate of drug-likeness (QED) is 0.462. The lowest BCUT2D eigenvalue weighted by Crippen LogP contribution is -2.26. The van der Waals surface area contributed by atoms with Gasteiger partial charge in [0.1, 0.15) is 5.76 Å². The second-order valence-electron chi connectivity index (χ2n) is 6.34. The van der Waals surface area contributed by atoms with Crippen molar-refractivity contribution in [2.24, 2.45) is 0 Å². The largest absolute Gasteiger partial charge is 0.361 e. The Labute approximate surface area is 172 Å². The Morgan fingerprint density at radius 3 is 2.56 bits per heavy atom. The second-order valence-corrected chi connectivity index (χ2v) is 8.21. The SMILES string of the molecule is Cc1noc(C)c1CSc1ccccc1C(=O)N(C)Cc1ccccc1Br. The van der Waals surface area contributed by atoms with Crippen LogP contribution in [-0.4, -0.2) is 23.0 Å². The molecule has 0 atom stereocenters. The first-order valence-electron chi connectivity index (χ1n) is 8.60. The van der Waals surface area contributed by atoms with E-state index in [0.29, 0.717) is 12.1 Å². The number of nitrogens with zero attached hydrogens (tertiary/aromatic N) is 2. The van der Waals surface area contributed by atoms with Gasteiger partial charge in [0, 0.05) is 34.3 Å². The van der Waals surface area contributed by atoms with E-state index in [2.05, 4.69) is 21.1 Å². The lowest BCUT2D eigenvalue weighted by molar-refractivity contribution is 0.0781. The first-order chi connectivity index (χ1) is 13.0. The van der Waals surface area contributed by atoms with Crippen molar-refractivity contribution in [1.82, 2.24) is 10.1 Å². The Morgan fingerprint density at radius 1 is 1.15 bits per heavy atom. The highest BCUT2D eigenvalue weighted by Gasteiger charge is 2.18. The summed E-state index contributed by atoms with van der Waals surface area (Å²) in [6.07, 6.45) is 0. The van der Waals surface area contributed by atoms with Gasteiger partial charge in [0.05, 0.1) is 11.3 Å². The number of amides is 1. The summed E-state index contributed by atoms with van der Waals surface area (Å²) in [6, 6.07) is 15.7. The van der Waals surface area contributed by atoms with Crippen LogP contribution in [0.1, 0.15) is 32.9 Å². The maximum absolute atomic E-state index is 13.0. The third-order valence-electron chi connectivity index (χ3n) is 4.38. The Bertz CT molecular complexity index is 935. The molecule has 0 spiro atoms. The third kappa shape index (κ3) is 4.62. The van der Waals surface area contributed by atoms with Crippen molar-refractivity contribution in [2.45, 2.75) is 31.0 Å². The molecule has 1 amide bonds. The Morgan fingerprint density at radius 2 is 1.85 bits per heavy atom. The fourth-order valence-electron chi connectivity index (χ4n) is 2.79. The lowest BCUT2D eigenvalue weighted by atomic mass is 10.1. The monoisotopic (exact) mass is 444 g/mol. The van der Waals surface area contributed by atoms with E-state index in [1.165, 1.54) is 0 Å². The number of aromatic nitrogens is 1. The number of rotatable bonds is 6. The van der Waals surface area contributed by atoms with Crippen LogP contribution in [0.2, 0.25) is 0 Å². The Hall–Kier alpha value is -2.05. The van der Waals surface area contributed by atoms with Gasteiger partial charge in [0.2, 0.25) is 0 Å². The van der Waals surface area contributed by atoms with E-state index in [4.69, 9.17) is 4.52 Å². The summed E-state index contributed by atoms with van der Waals surface area (Å²) < 4.78 is 6.24. The van der Waals surface area contributed by atoms with Gasteiger partial charge in [0.25, 0.3) is 5.91 Å². The minimum atomic E-state index is 0.00705. The van der Waals surface area contributed by atoms with Gasteiger partial charge in [-0.1, -0.05) is 51.4 Å². The van der Waals surface area contributed by atoms with Crippen molar-refractivity contribution in [2.75, 3.05) is 7.05 Å². The van der Waals surface area contributed by atoms with Crippen LogP contribution in [-0.2, 0) is 12.3 Å². The average molecular weight is 445 g/mol. The molecule has 2 aromatic carbocycles. The fourth-order valence-corrected chi connectivity index (χ4v) is 4.39. The van der Waals surface area contributed by atoms with Gasteiger partial charge in [-0.15, -0.1) is 11.8 Å². The molecular weight excluding hydrogens is 424 g/mol. The van der Waals surface area contributed by atoms with Crippen molar-refractivity contribution < 1.29 is 9.32 Å². The van der Waals surface area contributed by atoms with Gasteiger partial charge >= 0.3 is 0 Å². The van der Waals surface area contributed by atoms with Crippen molar-refractivity contribution in [1.29, 1.82) is 0 Å². The van der Waals surface area contributed by atoms with Gasteiger partial charge in [-0.05, 0) is 37.6 Å². The molecule has 1 aromatic heterocycles. The van der Waals surface area contributed by atoms with E-state index in [-0.39, 0.29) is 5.91 Å². The standard InChI is InChI=1S/C21H21BrN2O2S/c1-14-18(15(2)26-23-14)13-27-20-11-7-5-9-17(20)21(25)24(3)12-16-8-4-6-10-19(16)22/h4-11H,12-13H2,1-3H3. The van der Waals surface area contributed by atoms with Crippen LogP contribution in [0.25, 0.3) is 0 Å². The van der Waals surface area contributed by atoms with E-state index in [9.17, 15) is 4.79 Å². The Balaban J connectivity index is 1.76. The molecule has 0 unspecified atom stereocenters. The summed E-state index contributed by atoms with van der Waals surface area (Å²) in [5.41, 5.74) is 3.77. The molecule has 0 aliphatic carbocycles. The van der Waals surface area contributed by atoms with E-state index in [1.54, 1.807) is 16.7 Å². The number of hydrogen-bond acceptors (Lipinski definition) is 4. The molecule has 1 heterocycles. The van der Waals surface area contributed by atoms with Crippen LogP contribution >= 0.6 is 27.7 Å². The molecule has 0 N–H and O–H groups in total. The van der Waals surface area contributed by atoms with Gasteiger partial charge in [0.15, 0.2) is 0 Å². The molecule has 140 valence electrons. The van der Waals surface area contributed by atoms with Crippen molar-refractivity contribution in [3.05, 3.63) is 81.1 Å². The lowest BCUT2D eigenvalue weighted by Gasteiger charge is -2.19. The van der Waals surface area contributed by atoms with Crippen LogP contribution in [0.4, 0.5) is 0 Å². The number of hydrogen-bond donors (Lipinski definition) is 0. The van der Waals surface area contributed by atoms with Gasteiger partial charge in [-0.25, -0.2) is 0 Å². The minimum absolute atomic E-state index is 0.00705. The van der Waals surface area contributed by atoms with Crippen LogP contribution < -0.4 is 0 Å². The zero-order valence-corrected chi connectivity index (χ0v) is 17.9. The molecule has 3 aromatic rings. The van der Waals surface area contributed by atoms with E-state index < -0.39 is 0 Å². The fraction of sp³-hybridized carbons (Fsp3) is 0.238. The van der Waals surface area contributed by atoms with Crippen molar-refractivity contribution in [3.63, 3.8) is 0 Å². The normalized spacial score (nSPS) is 10.8. The molecule has 0 aliphatic rings. The van der Waals surface area contributed by atoms with Gasteiger partial charge in [-0.3, -0.25) is 4.79 Å². The van der Waals surface area contributed by atoms with Crippen molar-refractivity contribution in [3.8, 4) is 0 Å². The summed E-state index contributed by atoms with van der Waals surface area (Å²) in [5, 5.41) is 4.00. The van der Waals surface area contributed by atoms with Crippen LogP contribution in [0.3, 0.4) is 0 Å². The summed E-state index contributed by atoms with van der Waals surface area (Å²) in [6.45, 7) is 4.40. The molecule has 27 heavy (non-hydrogen) atoms. The Kier molecular flexibility index (Phi) is 6.39. The average Bonchev–Trinajstić information content (AvgIpc) is 2.99. The molecule has 4 nitrogen and oxygen atoms in total. The van der Waals surface area contributed by atoms with Gasteiger partial charge in [-0.2, -0.15) is 0 Å². The molecule has 3 rings (SSSR count). The maximum atomic E-state index is 13.0. The maximum Gasteiger partial charge on any atom is 0.255 e. The molecular formula is C21H21BrN2O2S. The van der Waals surface area contributed by atoms with E-state index >= 15 is 0 Å². The number of carbonyl (C=O) groups excluding carboxylic acids is 1. The van der Waals surface area contributed by atoms with Crippen LogP contribution in [0, 0.1) is 13.8 Å². The zero-order chi connectivity index (χ0) is 19.4. The van der Waals surface area contributed by atoms with Crippen LogP contribution in [0.15, 0.2) is 62.4 Å². The smallest absolute Gasteiger partial charge is 0.255 e. The predicted octanol–water partition coefficient (Wildman–Crippen LogP) is 5.62. The predicted molar refractivity (Wildman–Crippen MR) is 112 cm³/mol. The third-order valence-corrected chi connectivity index (χ3v) is 6.26. The minimum Gasteiger partial charge on any atom is -0.361 e. The van der Waals surface area contributed by atoms with Gasteiger partial charge < -0.3 is 9.42 Å². The molecule has 0 saturated carbocycles. The van der Waals surface area contributed by atoms with E-state index in [1.807, 2.05) is 69.4 Å². The summed E-state index contributed by atoms with van der Waals surface area (Å²) in [5.74, 6) is 1.56. The van der Waals surface area contributed by atoms with E-state index in [0.717, 1.165) is 37.7 Å². The molecule has 0 aliphatic heterocycles. The summed E-state index contributed by atoms with van der Waals surface area (Å²) in [7, 11) is 1.83. The number of carbonyl (C=O) groups is 1. The van der Waals surface area contributed by atoms with Crippen LogP contribution in [0.5, 0.6) is 0 Å². The molecule has 0 saturated heterocycles. The van der Waals surface area contributed by atoms with Crippen molar-refractivity contribution >= 4 is 33.6 Å². The second kappa shape index (κ2) is 8.76. The highest BCUT2D eigenvalue weighted by Crippen LogP contribution is 2.29. The zero-order valence-electron chi connectivity index (χ0n) is 15.5. The number of aryl methyl sites for hydroxylation is 2. The topological polar surface area (TPSA) is 46.3 Å². The highest BCUT2D eigenvalue weighted by atomic mass is 79.9. The number of benzene rings is 2. The molecule has 0 bridgehead atoms.